The van der Waals surface area contributed by atoms with Crippen LogP contribution in [-0.4, -0.2) is 42.0 Å². The summed E-state index contributed by atoms with van der Waals surface area (Å²) in [6, 6.07) is 10.5. The van der Waals surface area contributed by atoms with Gasteiger partial charge in [-0.1, -0.05) is 30.3 Å². The molecule has 0 saturated carbocycles. The minimum atomic E-state index is 0.115. The highest BCUT2D eigenvalue weighted by atomic mass is 32.1. The predicted octanol–water partition coefficient (Wildman–Crippen LogP) is 2.63. The van der Waals surface area contributed by atoms with Gasteiger partial charge in [0.05, 0.1) is 6.20 Å². The van der Waals surface area contributed by atoms with Crippen LogP contribution in [0.15, 0.2) is 36.5 Å². The Morgan fingerprint density at radius 2 is 2.00 bits per heavy atom. The van der Waals surface area contributed by atoms with Gasteiger partial charge < -0.3 is 10.2 Å². The summed E-state index contributed by atoms with van der Waals surface area (Å²) >= 11 is 1.48. The second-order valence-electron chi connectivity index (χ2n) is 5.25. The first-order valence-electron chi connectivity index (χ1n) is 7.25. The molecule has 1 amide bonds. The fourth-order valence-corrected chi connectivity index (χ4v) is 3.50. The van der Waals surface area contributed by atoms with Crippen LogP contribution < -0.4 is 5.32 Å². The molecule has 2 heterocycles. The number of nitrogens with one attached hydrogen (secondary N) is 1. The van der Waals surface area contributed by atoms with Gasteiger partial charge in [-0.15, -0.1) is 11.3 Å². The van der Waals surface area contributed by atoms with E-state index in [9.17, 15) is 4.79 Å². The fraction of sp³-hybridized carbons (Fsp3) is 0.375. The SMILES string of the molecule is CNC1CCN(C(=O)c2cnc(-c3ccccc3)s2)CC1. The number of nitrogens with zero attached hydrogens (tertiary/aromatic N) is 2. The summed E-state index contributed by atoms with van der Waals surface area (Å²) in [5.74, 6) is 0.115. The molecule has 5 heteroatoms. The van der Waals surface area contributed by atoms with Crippen molar-refractivity contribution in [2.24, 2.45) is 0 Å². The van der Waals surface area contributed by atoms with Gasteiger partial charge in [0.2, 0.25) is 0 Å². The van der Waals surface area contributed by atoms with Crippen LogP contribution in [0.25, 0.3) is 10.6 Å². The number of piperidine rings is 1. The van der Waals surface area contributed by atoms with Crippen LogP contribution in [0.3, 0.4) is 0 Å². The zero-order chi connectivity index (χ0) is 14.7. The molecule has 0 spiro atoms. The average Bonchev–Trinajstić information content (AvgIpc) is 3.05. The van der Waals surface area contributed by atoms with E-state index in [2.05, 4.69) is 10.3 Å². The van der Waals surface area contributed by atoms with Crippen LogP contribution in [-0.2, 0) is 0 Å². The first kappa shape index (κ1) is 14.2. The van der Waals surface area contributed by atoms with Crippen molar-refractivity contribution in [2.75, 3.05) is 20.1 Å². The number of thiazole rings is 1. The second-order valence-corrected chi connectivity index (χ2v) is 6.28. The molecule has 0 unspecified atom stereocenters. The van der Waals surface area contributed by atoms with Crippen molar-refractivity contribution in [2.45, 2.75) is 18.9 Å². The van der Waals surface area contributed by atoms with E-state index >= 15 is 0 Å². The zero-order valence-corrected chi connectivity index (χ0v) is 12.9. The molecule has 0 bridgehead atoms. The number of likely N-dealkylation sites (tertiary alicyclic amines) is 1. The molecule has 21 heavy (non-hydrogen) atoms. The Morgan fingerprint density at radius 3 is 2.67 bits per heavy atom. The van der Waals surface area contributed by atoms with E-state index in [0.29, 0.717) is 6.04 Å². The van der Waals surface area contributed by atoms with Crippen molar-refractivity contribution >= 4 is 17.2 Å². The third-order valence-electron chi connectivity index (χ3n) is 3.93. The molecular formula is C16H19N3OS. The lowest BCUT2D eigenvalue weighted by atomic mass is 10.1. The number of carbonyl (C=O) groups is 1. The van der Waals surface area contributed by atoms with Crippen molar-refractivity contribution in [3.63, 3.8) is 0 Å². The summed E-state index contributed by atoms with van der Waals surface area (Å²) in [4.78, 5) is 19.6. The zero-order valence-electron chi connectivity index (χ0n) is 12.1. The average molecular weight is 301 g/mol. The molecule has 1 N–H and O–H groups in total. The smallest absolute Gasteiger partial charge is 0.265 e. The first-order chi connectivity index (χ1) is 10.3. The van der Waals surface area contributed by atoms with Crippen LogP contribution in [0.2, 0.25) is 0 Å². The van der Waals surface area contributed by atoms with Crippen LogP contribution in [0.1, 0.15) is 22.5 Å². The molecule has 0 radical (unpaired) electrons. The van der Waals surface area contributed by atoms with E-state index in [1.807, 2.05) is 42.3 Å². The quantitative estimate of drug-likeness (QED) is 0.948. The molecular weight excluding hydrogens is 282 g/mol. The molecule has 1 fully saturated rings. The van der Waals surface area contributed by atoms with Crippen molar-refractivity contribution in [3.8, 4) is 10.6 Å². The monoisotopic (exact) mass is 301 g/mol. The molecule has 1 saturated heterocycles. The fourth-order valence-electron chi connectivity index (χ4n) is 2.61. The van der Waals surface area contributed by atoms with Gasteiger partial charge in [-0.05, 0) is 19.9 Å². The number of hydrogen-bond acceptors (Lipinski definition) is 4. The summed E-state index contributed by atoms with van der Waals surface area (Å²) in [7, 11) is 1.98. The molecule has 1 aromatic heterocycles. The van der Waals surface area contributed by atoms with E-state index in [1.165, 1.54) is 11.3 Å². The molecule has 110 valence electrons. The van der Waals surface area contributed by atoms with Crippen molar-refractivity contribution in [1.29, 1.82) is 0 Å². The van der Waals surface area contributed by atoms with Crippen LogP contribution in [0.4, 0.5) is 0 Å². The number of rotatable bonds is 3. The number of amides is 1. The van der Waals surface area contributed by atoms with Crippen molar-refractivity contribution in [1.82, 2.24) is 15.2 Å². The van der Waals surface area contributed by atoms with Gasteiger partial charge in [0.25, 0.3) is 5.91 Å². The summed E-state index contributed by atoms with van der Waals surface area (Å²) in [5.41, 5.74) is 1.07. The summed E-state index contributed by atoms with van der Waals surface area (Å²) in [6.07, 6.45) is 3.75. The predicted molar refractivity (Wildman–Crippen MR) is 85.5 cm³/mol. The number of hydrogen-bond donors (Lipinski definition) is 1. The lowest BCUT2D eigenvalue weighted by Gasteiger charge is -2.31. The molecule has 3 rings (SSSR count). The Kier molecular flexibility index (Phi) is 4.31. The van der Waals surface area contributed by atoms with Gasteiger partial charge in [0.1, 0.15) is 9.88 Å². The summed E-state index contributed by atoms with van der Waals surface area (Å²) in [5, 5.41) is 4.19. The largest absolute Gasteiger partial charge is 0.338 e. The number of aromatic nitrogens is 1. The molecule has 4 nitrogen and oxygen atoms in total. The molecule has 2 aromatic rings. The summed E-state index contributed by atoms with van der Waals surface area (Å²) in [6.45, 7) is 1.64. The van der Waals surface area contributed by atoms with Gasteiger partial charge in [-0.2, -0.15) is 0 Å². The highest BCUT2D eigenvalue weighted by Gasteiger charge is 2.24. The van der Waals surface area contributed by atoms with Crippen molar-refractivity contribution in [3.05, 3.63) is 41.4 Å². The molecule has 1 aliphatic rings. The van der Waals surface area contributed by atoms with Gasteiger partial charge >= 0.3 is 0 Å². The lowest BCUT2D eigenvalue weighted by Crippen LogP contribution is -2.43. The lowest BCUT2D eigenvalue weighted by molar-refractivity contribution is 0.0712. The highest BCUT2D eigenvalue weighted by Crippen LogP contribution is 2.26. The van der Waals surface area contributed by atoms with Gasteiger partial charge in [-0.25, -0.2) is 4.98 Å². The van der Waals surface area contributed by atoms with Gasteiger partial charge in [-0.3, -0.25) is 4.79 Å². The Labute approximate surface area is 128 Å². The molecule has 0 aliphatic carbocycles. The third kappa shape index (κ3) is 3.14. The van der Waals surface area contributed by atoms with Crippen LogP contribution >= 0.6 is 11.3 Å². The Bertz CT molecular complexity index is 603. The Balaban J connectivity index is 1.70. The second kappa shape index (κ2) is 6.37. The highest BCUT2D eigenvalue weighted by molar-refractivity contribution is 7.16. The maximum Gasteiger partial charge on any atom is 0.265 e. The molecule has 0 atom stereocenters. The standard InChI is InChI=1S/C16H19N3OS/c1-17-13-7-9-19(10-8-13)16(20)14-11-18-15(21-14)12-5-3-2-4-6-12/h2-6,11,13,17H,7-10H2,1H3. The first-order valence-corrected chi connectivity index (χ1v) is 8.07. The minimum Gasteiger partial charge on any atom is -0.338 e. The van der Waals surface area contributed by atoms with E-state index in [-0.39, 0.29) is 5.91 Å². The molecule has 1 aliphatic heterocycles. The number of carbonyl (C=O) groups excluding carboxylic acids is 1. The maximum atomic E-state index is 12.5. The van der Waals surface area contributed by atoms with Crippen LogP contribution in [0, 0.1) is 0 Å². The van der Waals surface area contributed by atoms with Crippen molar-refractivity contribution < 1.29 is 4.79 Å². The topological polar surface area (TPSA) is 45.2 Å². The van der Waals surface area contributed by atoms with E-state index in [1.54, 1.807) is 6.20 Å². The Morgan fingerprint density at radius 1 is 1.29 bits per heavy atom. The molecule has 1 aromatic carbocycles. The van der Waals surface area contributed by atoms with Gasteiger partial charge in [0, 0.05) is 24.7 Å². The van der Waals surface area contributed by atoms with E-state index in [4.69, 9.17) is 0 Å². The minimum absolute atomic E-state index is 0.115. The van der Waals surface area contributed by atoms with E-state index < -0.39 is 0 Å². The Hall–Kier alpha value is -1.72. The van der Waals surface area contributed by atoms with E-state index in [0.717, 1.165) is 41.4 Å². The number of benzene rings is 1. The van der Waals surface area contributed by atoms with Gasteiger partial charge in [0.15, 0.2) is 0 Å². The maximum absolute atomic E-state index is 12.5. The normalized spacial score (nSPS) is 16.1. The third-order valence-corrected chi connectivity index (χ3v) is 4.96. The summed E-state index contributed by atoms with van der Waals surface area (Å²) < 4.78 is 0. The van der Waals surface area contributed by atoms with Crippen LogP contribution in [0.5, 0.6) is 0 Å².